The predicted octanol–water partition coefficient (Wildman–Crippen LogP) is 4.53. The van der Waals surface area contributed by atoms with Crippen LogP contribution in [0.15, 0.2) is 42.6 Å². The van der Waals surface area contributed by atoms with Gasteiger partial charge >= 0.3 is 6.09 Å². The highest BCUT2D eigenvalue weighted by atomic mass is 32.2. The van der Waals surface area contributed by atoms with Crippen LogP contribution in [0.25, 0.3) is 10.8 Å². The van der Waals surface area contributed by atoms with Crippen molar-refractivity contribution < 1.29 is 46.6 Å². The lowest BCUT2D eigenvalue weighted by Gasteiger charge is -2.38. The maximum Gasteiger partial charge on any atom is 0.408 e. The van der Waals surface area contributed by atoms with E-state index in [-0.39, 0.29) is 56.0 Å². The number of carbonyl (C=O) groups excluding carboxylic acids is 3. The fraction of sp³-hybridized carbons (Fsp3) is 0.615. The average molecular weight is 784 g/mol. The number of nitrogens with one attached hydrogen (secondary N) is 2. The molecule has 2 aromatic rings. The van der Waals surface area contributed by atoms with E-state index in [0.717, 1.165) is 18.2 Å². The molecule has 7 rings (SSSR count). The molecule has 3 aliphatic carbocycles. The monoisotopic (exact) mass is 783 g/mol. The van der Waals surface area contributed by atoms with Gasteiger partial charge in [0.25, 0.3) is 15.9 Å². The van der Waals surface area contributed by atoms with Gasteiger partial charge in [0.05, 0.1) is 13.7 Å². The lowest BCUT2D eigenvalue weighted by atomic mass is 9.86. The molecule has 0 unspecified atom stereocenters. The summed E-state index contributed by atoms with van der Waals surface area (Å²) in [6.45, 7) is 5.98. The number of allylic oxidation sites excluding steroid dienone is 1. The summed E-state index contributed by atoms with van der Waals surface area (Å²) in [5, 5.41) is 12.3. The Kier molecular flexibility index (Phi) is 10.0. The van der Waals surface area contributed by atoms with Gasteiger partial charge in [0, 0.05) is 43.3 Å². The normalized spacial score (nSPS) is 31.2. The zero-order valence-electron chi connectivity index (χ0n) is 31.6. The van der Waals surface area contributed by atoms with Crippen LogP contribution in [0.2, 0.25) is 0 Å². The fourth-order valence-corrected chi connectivity index (χ4v) is 9.53. The van der Waals surface area contributed by atoms with Gasteiger partial charge in [0.15, 0.2) is 0 Å². The molecule has 7 atom stereocenters. The fourth-order valence-electron chi connectivity index (χ4n) is 8.28. The van der Waals surface area contributed by atoms with Crippen LogP contribution >= 0.6 is 0 Å². The van der Waals surface area contributed by atoms with Crippen LogP contribution in [-0.2, 0) is 24.4 Å². The molecule has 14 nitrogen and oxygen atoms in total. The van der Waals surface area contributed by atoms with E-state index in [2.05, 4.69) is 10.3 Å². The summed E-state index contributed by atoms with van der Waals surface area (Å²) in [6.07, 6.45) is 6.31. The maximum absolute atomic E-state index is 15.0. The topological polar surface area (TPSA) is 185 Å². The first-order chi connectivity index (χ1) is 26.0. The molecule has 3 N–H and O–H groups in total. The summed E-state index contributed by atoms with van der Waals surface area (Å²) in [5.41, 5.74) is -1.97. The molecule has 4 amide bonds. The van der Waals surface area contributed by atoms with Gasteiger partial charge in [-0.1, -0.05) is 32.9 Å². The van der Waals surface area contributed by atoms with E-state index in [1.54, 1.807) is 37.6 Å². The van der Waals surface area contributed by atoms with Crippen molar-refractivity contribution >= 4 is 44.6 Å². The number of methoxy groups -OCH3 is 1. The molecule has 3 saturated carbocycles. The molecule has 1 aromatic heterocycles. The molecule has 0 spiro atoms. The highest BCUT2D eigenvalue weighted by Crippen LogP contribution is 2.49. The molecular weight excluding hydrogens is 734 g/mol. The van der Waals surface area contributed by atoms with Gasteiger partial charge in [-0.25, -0.2) is 27.3 Å². The van der Waals surface area contributed by atoms with Crippen LogP contribution in [-0.4, -0.2) is 101 Å². The van der Waals surface area contributed by atoms with E-state index < -0.39 is 74.4 Å². The number of carbonyl (C=O) groups is 4. The molecule has 3 heterocycles. The molecule has 0 radical (unpaired) electrons. The summed E-state index contributed by atoms with van der Waals surface area (Å²) >= 11 is 0. The van der Waals surface area contributed by atoms with Crippen LogP contribution in [0.4, 0.5) is 9.18 Å². The quantitative estimate of drug-likeness (QED) is 0.306. The minimum Gasteiger partial charge on any atom is -0.497 e. The second kappa shape index (κ2) is 14.2. The van der Waals surface area contributed by atoms with Crippen molar-refractivity contribution in [3.8, 4) is 11.6 Å². The first-order valence-corrected chi connectivity index (χ1v) is 20.6. The van der Waals surface area contributed by atoms with Gasteiger partial charge in [0.1, 0.15) is 29.5 Å². The third kappa shape index (κ3) is 7.70. The average Bonchev–Trinajstić information content (AvgIpc) is 4.09. The van der Waals surface area contributed by atoms with Crippen LogP contribution in [0.5, 0.6) is 11.6 Å². The SMILES string of the molecule is COc1ccc2c(O[C@@H]3C[C@H]4C(=O)N[C@]5(C(=O)NS(=O)(=O)C6(F)CC6)C[C@H]5C=CCC[C@@H](C)C[C@@H](C)[C@H](N(CC5(C)CC5)C(=O)O)C(=O)N4C3)nccc2c1. The molecule has 1 aromatic carbocycles. The number of carboxylic acid groups (broad SMARTS) is 1. The number of rotatable bonds is 9. The minimum atomic E-state index is -4.67. The maximum atomic E-state index is 15.0. The van der Waals surface area contributed by atoms with Gasteiger partial charge in [-0.15, -0.1) is 0 Å². The molecule has 5 aliphatic rings. The zero-order valence-corrected chi connectivity index (χ0v) is 32.4. The van der Waals surface area contributed by atoms with Crippen molar-refractivity contribution in [2.24, 2.45) is 23.2 Å². The highest BCUT2D eigenvalue weighted by Gasteiger charge is 2.64. The molecule has 0 bridgehead atoms. The number of benzene rings is 1. The number of hydrogen-bond donors (Lipinski definition) is 3. The number of halogens is 1. The Morgan fingerprint density at radius 1 is 1.15 bits per heavy atom. The van der Waals surface area contributed by atoms with Crippen molar-refractivity contribution in [1.29, 1.82) is 0 Å². The Hall–Kier alpha value is -4.47. The van der Waals surface area contributed by atoms with E-state index >= 15 is 4.79 Å². The van der Waals surface area contributed by atoms with Crippen molar-refractivity contribution in [1.82, 2.24) is 24.8 Å². The lowest BCUT2D eigenvalue weighted by Crippen LogP contribution is -2.60. The number of ether oxygens (including phenoxy) is 2. The summed E-state index contributed by atoms with van der Waals surface area (Å²) in [5.74, 6) is -2.34. The molecule has 16 heteroatoms. The van der Waals surface area contributed by atoms with Crippen molar-refractivity contribution in [3.05, 3.63) is 42.6 Å². The molecule has 4 fully saturated rings. The number of pyridine rings is 1. The first kappa shape index (κ1) is 38.8. The van der Waals surface area contributed by atoms with E-state index in [1.807, 2.05) is 37.6 Å². The summed E-state index contributed by atoms with van der Waals surface area (Å²) in [7, 11) is -3.11. The molecular formula is C39H50FN5O9S. The Morgan fingerprint density at radius 2 is 1.89 bits per heavy atom. The Balaban J connectivity index is 1.25. The van der Waals surface area contributed by atoms with Crippen LogP contribution in [0.1, 0.15) is 78.6 Å². The van der Waals surface area contributed by atoms with E-state index in [1.165, 1.54) is 9.80 Å². The number of hydrogen-bond acceptors (Lipinski definition) is 9. The van der Waals surface area contributed by atoms with Crippen LogP contribution in [0, 0.1) is 23.2 Å². The third-order valence-electron chi connectivity index (χ3n) is 12.2. The number of aromatic nitrogens is 1. The lowest BCUT2D eigenvalue weighted by molar-refractivity contribution is -0.144. The van der Waals surface area contributed by atoms with Crippen LogP contribution in [0.3, 0.4) is 0 Å². The van der Waals surface area contributed by atoms with E-state index in [0.29, 0.717) is 30.4 Å². The van der Waals surface area contributed by atoms with Gasteiger partial charge in [-0.3, -0.25) is 19.3 Å². The van der Waals surface area contributed by atoms with Gasteiger partial charge < -0.3 is 24.8 Å². The van der Waals surface area contributed by atoms with Crippen molar-refractivity contribution in [3.63, 3.8) is 0 Å². The minimum absolute atomic E-state index is 0.0296. The highest BCUT2D eigenvalue weighted by molar-refractivity contribution is 7.91. The van der Waals surface area contributed by atoms with Gasteiger partial charge in [-0.05, 0) is 85.4 Å². The smallest absolute Gasteiger partial charge is 0.408 e. The molecule has 1 saturated heterocycles. The molecule has 298 valence electrons. The van der Waals surface area contributed by atoms with Crippen molar-refractivity contribution in [2.75, 3.05) is 20.2 Å². The summed E-state index contributed by atoms with van der Waals surface area (Å²) in [6, 6.07) is 4.84. The number of amides is 4. The molecule has 55 heavy (non-hydrogen) atoms. The molecule has 2 aliphatic heterocycles. The Bertz CT molecular complexity index is 2020. The van der Waals surface area contributed by atoms with Gasteiger partial charge in [-0.2, -0.15) is 0 Å². The van der Waals surface area contributed by atoms with E-state index in [4.69, 9.17) is 9.47 Å². The number of fused-ring (bicyclic) bond motifs is 3. The second-order valence-electron chi connectivity index (χ2n) is 16.8. The predicted molar refractivity (Wildman–Crippen MR) is 199 cm³/mol. The number of nitrogens with zero attached hydrogens (tertiary/aromatic N) is 3. The summed E-state index contributed by atoms with van der Waals surface area (Å²) in [4.78, 5) is 63.3. The number of alkyl halides is 1. The summed E-state index contributed by atoms with van der Waals surface area (Å²) < 4.78 is 54.2. The zero-order chi connectivity index (χ0) is 39.5. The second-order valence-corrected chi connectivity index (χ2v) is 18.7. The standard InChI is InChI=1S/C39H50FN5O9S/c1-23-7-5-6-8-26-20-39(26,35(48)43-55(51,52)38(40)14-15-38)42-32(46)30-19-28(54-33-29-10-9-27(53-4)18-25(29)11-16-41-33)21-44(30)34(47)31(24(2)17-23)45(36(49)50)22-37(3)12-13-37/h6,8-11,16,18,23-24,26,28,30-31H,5,7,12-15,17,19-22H2,1-4H3,(H,42,46)(H,43,48)(H,49,50)/t23-,24-,26-,28-,30+,31+,39-/m1/s1. The van der Waals surface area contributed by atoms with E-state index in [9.17, 15) is 32.3 Å². The van der Waals surface area contributed by atoms with Gasteiger partial charge in [0.2, 0.25) is 22.7 Å². The largest absolute Gasteiger partial charge is 0.497 e. The number of sulfonamides is 1. The third-order valence-corrected chi connectivity index (χ3v) is 14.0. The first-order valence-electron chi connectivity index (χ1n) is 19.1. The van der Waals surface area contributed by atoms with Crippen LogP contribution < -0.4 is 19.5 Å². The van der Waals surface area contributed by atoms with Crippen molar-refractivity contribution in [2.45, 2.75) is 107 Å². The Morgan fingerprint density at radius 3 is 2.56 bits per heavy atom. The Labute approximate surface area is 320 Å².